The fraction of sp³-hybridized carbons (Fsp3) is 0.469. The number of pyridine rings is 1. The molecule has 0 radical (unpaired) electrons. The molecule has 2 saturated heterocycles. The van der Waals surface area contributed by atoms with Crippen molar-refractivity contribution in [2.45, 2.75) is 36.1 Å². The summed E-state index contributed by atoms with van der Waals surface area (Å²) in [6.45, 7) is 6.53. The highest BCUT2D eigenvalue weighted by molar-refractivity contribution is 7.98. The summed E-state index contributed by atoms with van der Waals surface area (Å²) in [5, 5.41) is 22.3. The molecule has 6 rings (SSSR count). The number of carbonyl (C=O) groups is 1. The van der Waals surface area contributed by atoms with Crippen molar-refractivity contribution in [3.8, 4) is 6.07 Å². The van der Waals surface area contributed by atoms with Crippen molar-refractivity contribution in [1.29, 1.82) is 5.26 Å². The van der Waals surface area contributed by atoms with Crippen LogP contribution in [0.3, 0.4) is 0 Å². The second-order valence-corrected chi connectivity index (χ2v) is 12.9. The molecule has 0 bridgehead atoms. The summed E-state index contributed by atoms with van der Waals surface area (Å²) in [6, 6.07) is 15.4. The normalized spacial score (nSPS) is 16.9. The molecule has 13 heteroatoms. The van der Waals surface area contributed by atoms with Crippen LogP contribution in [0, 0.1) is 11.3 Å². The molecule has 1 N–H and O–H groups in total. The van der Waals surface area contributed by atoms with E-state index < -0.39 is 0 Å². The second-order valence-electron chi connectivity index (χ2n) is 12.1. The molecule has 0 unspecified atom stereocenters. The van der Waals surface area contributed by atoms with Crippen LogP contribution in [-0.4, -0.2) is 111 Å². The molecule has 4 aromatic rings. The molecule has 0 spiro atoms. The number of nitriles is 1. The van der Waals surface area contributed by atoms with E-state index >= 15 is 0 Å². The highest BCUT2D eigenvalue weighted by Gasteiger charge is 2.37. The van der Waals surface area contributed by atoms with E-state index in [1.807, 2.05) is 32.6 Å². The Labute approximate surface area is 268 Å². The molecular formula is C32H41N11OS. The monoisotopic (exact) mass is 627 g/mol. The molecule has 236 valence electrons. The van der Waals surface area contributed by atoms with Crippen LogP contribution in [0.15, 0.2) is 59.9 Å². The van der Waals surface area contributed by atoms with Gasteiger partial charge < -0.3 is 20.0 Å². The number of piperazine rings is 1. The number of anilines is 3. The van der Waals surface area contributed by atoms with Gasteiger partial charge in [-0.15, -0.1) is 16.9 Å². The fourth-order valence-electron chi connectivity index (χ4n) is 6.40. The van der Waals surface area contributed by atoms with Crippen LogP contribution in [0.1, 0.15) is 24.8 Å². The van der Waals surface area contributed by atoms with E-state index in [1.165, 1.54) is 10.5 Å². The van der Waals surface area contributed by atoms with Crippen molar-refractivity contribution >= 4 is 40.8 Å². The number of hydrogen-bond acceptors (Lipinski definition) is 9. The van der Waals surface area contributed by atoms with Gasteiger partial charge in [0.15, 0.2) is 5.65 Å². The highest BCUT2D eigenvalue weighted by atomic mass is 32.2. The first-order valence-electron chi connectivity index (χ1n) is 15.5. The Morgan fingerprint density at radius 1 is 1.07 bits per heavy atom. The Bertz CT molecular complexity index is 1640. The molecule has 0 atom stereocenters. The van der Waals surface area contributed by atoms with Crippen LogP contribution in [0.25, 0.3) is 5.65 Å². The first-order chi connectivity index (χ1) is 21.9. The zero-order chi connectivity index (χ0) is 31.4. The fourth-order valence-corrected chi connectivity index (χ4v) is 6.81. The molecule has 2 aliphatic heterocycles. The number of aromatic nitrogens is 5. The van der Waals surface area contributed by atoms with Crippen LogP contribution in [0.2, 0.25) is 0 Å². The van der Waals surface area contributed by atoms with Gasteiger partial charge >= 0.3 is 6.03 Å². The smallest absolute Gasteiger partial charge is 0.319 e. The topological polar surface area (TPSA) is 114 Å². The summed E-state index contributed by atoms with van der Waals surface area (Å²) in [4.78, 5) is 26.6. The third-order valence-corrected chi connectivity index (χ3v) is 9.83. The minimum absolute atomic E-state index is 0.0755. The van der Waals surface area contributed by atoms with Gasteiger partial charge in [-0.05, 0) is 48.9 Å². The molecule has 2 fully saturated rings. The molecule has 3 aromatic heterocycles. The molecule has 5 heterocycles. The maximum atomic E-state index is 12.2. The SMILES string of the molecule is CSc1ccc(C2(CC#N)CCN(c3cccn4nc(Nc5cnn(CCN6CCN(C(=O)N(C)C)CC6)c5)nc34)CC2)cc1. The summed E-state index contributed by atoms with van der Waals surface area (Å²) in [5.74, 6) is 0.522. The number of piperidine rings is 1. The lowest BCUT2D eigenvalue weighted by Crippen LogP contribution is -2.51. The van der Waals surface area contributed by atoms with E-state index in [2.05, 4.69) is 68.0 Å². The zero-order valence-corrected chi connectivity index (χ0v) is 27.1. The maximum absolute atomic E-state index is 12.2. The van der Waals surface area contributed by atoms with Crippen LogP contribution in [0.5, 0.6) is 0 Å². The van der Waals surface area contributed by atoms with Crippen molar-refractivity contribution in [2.75, 3.05) is 76.4 Å². The average molecular weight is 628 g/mol. The second kappa shape index (κ2) is 13.4. The summed E-state index contributed by atoms with van der Waals surface area (Å²) >= 11 is 1.74. The number of amides is 2. The third kappa shape index (κ3) is 6.72. The Hall–Kier alpha value is -4.28. The number of urea groups is 1. The Balaban J connectivity index is 1.07. The molecule has 2 aliphatic rings. The summed E-state index contributed by atoms with van der Waals surface area (Å²) in [6.07, 6.45) is 10.1. The average Bonchev–Trinajstić information content (AvgIpc) is 3.70. The van der Waals surface area contributed by atoms with Crippen molar-refractivity contribution in [2.24, 2.45) is 0 Å². The molecular weight excluding hydrogens is 586 g/mol. The lowest BCUT2D eigenvalue weighted by Gasteiger charge is -2.42. The van der Waals surface area contributed by atoms with Gasteiger partial charge in [0.25, 0.3) is 0 Å². The Morgan fingerprint density at radius 2 is 1.82 bits per heavy atom. The highest BCUT2D eigenvalue weighted by Crippen LogP contribution is 2.40. The van der Waals surface area contributed by atoms with E-state index in [4.69, 9.17) is 4.98 Å². The Kier molecular flexibility index (Phi) is 9.14. The quantitative estimate of drug-likeness (QED) is 0.274. The number of nitrogens with zero attached hydrogens (tertiary/aromatic N) is 10. The van der Waals surface area contributed by atoms with Crippen LogP contribution < -0.4 is 10.2 Å². The Morgan fingerprint density at radius 3 is 2.51 bits per heavy atom. The first kappa shape index (κ1) is 30.7. The number of thioether (sulfide) groups is 1. The van der Waals surface area contributed by atoms with E-state index in [-0.39, 0.29) is 11.4 Å². The standard InChI is InChI=1S/C32H41N11OS/c1-38(2)31(44)41-20-17-39(18-21-41)19-22-42-24-26(23-34-42)35-30-36-29-28(5-4-14-43(29)37-30)40-15-11-32(10-13-33,12-16-40)25-6-8-27(45-3)9-7-25/h4-9,14,23-24H,10-12,15-22H2,1-3H3,(H,35,37). The predicted molar refractivity (Wildman–Crippen MR) is 177 cm³/mol. The summed E-state index contributed by atoms with van der Waals surface area (Å²) in [5.41, 5.74) is 3.81. The number of fused-ring (bicyclic) bond motifs is 1. The number of hydrogen-bond donors (Lipinski definition) is 1. The molecule has 0 aliphatic carbocycles. The largest absolute Gasteiger partial charge is 0.368 e. The minimum atomic E-state index is -0.132. The van der Waals surface area contributed by atoms with Gasteiger partial charge in [-0.25, -0.2) is 9.31 Å². The van der Waals surface area contributed by atoms with Crippen molar-refractivity contribution in [1.82, 2.24) is 39.1 Å². The number of benzene rings is 1. The number of rotatable bonds is 9. The summed E-state index contributed by atoms with van der Waals surface area (Å²) in [7, 11) is 3.59. The van der Waals surface area contributed by atoms with Crippen LogP contribution in [-0.2, 0) is 12.0 Å². The predicted octanol–water partition coefficient (Wildman–Crippen LogP) is 4.14. The van der Waals surface area contributed by atoms with Gasteiger partial charge in [-0.1, -0.05) is 12.1 Å². The van der Waals surface area contributed by atoms with Crippen LogP contribution in [0.4, 0.5) is 22.1 Å². The third-order valence-electron chi connectivity index (χ3n) is 9.08. The van der Waals surface area contributed by atoms with Gasteiger partial charge in [0.2, 0.25) is 5.95 Å². The van der Waals surface area contributed by atoms with E-state index in [9.17, 15) is 10.1 Å². The van der Waals surface area contributed by atoms with Gasteiger partial charge in [0.05, 0.1) is 30.2 Å². The zero-order valence-electron chi connectivity index (χ0n) is 26.3. The lowest BCUT2D eigenvalue weighted by molar-refractivity contribution is 0.120. The maximum Gasteiger partial charge on any atom is 0.319 e. The van der Waals surface area contributed by atoms with Gasteiger partial charge in [0.1, 0.15) is 0 Å². The van der Waals surface area contributed by atoms with Crippen molar-refractivity contribution in [3.63, 3.8) is 0 Å². The summed E-state index contributed by atoms with van der Waals surface area (Å²) < 4.78 is 3.75. The molecule has 12 nitrogen and oxygen atoms in total. The molecule has 1 aromatic carbocycles. The molecule has 45 heavy (non-hydrogen) atoms. The van der Waals surface area contributed by atoms with Crippen molar-refractivity contribution in [3.05, 3.63) is 60.6 Å². The lowest BCUT2D eigenvalue weighted by atomic mass is 9.71. The van der Waals surface area contributed by atoms with Gasteiger partial charge in [-0.3, -0.25) is 9.58 Å². The minimum Gasteiger partial charge on any atom is -0.368 e. The van der Waals surface area contributed by atoms with E-state index in [0.29, 0.717) is 12.4 Å². The van der Waals surface area contributed by atoms with E-state index in [0.717, 1.165) is 82.2 Å². The first-order valence-corrected chi connectivity index (χ1v) is 16.7. The number of nitrogens with one attached hydrogen (secondary N) is 1. The van der Waals surface area contributed by atoms with Crippen molar-refractivity contribution < 1.29 is 4.79 Å². The van der Waals surface area contributed by atoms with Gasteiger partial charge in [0, 0.05) is 89.0 Å². The molecule has 2 amide bonds. The van der Waals surface area contributed by atoms with Crippen LogP contribution >= 0.6 is 11.8 Å². The van der Waals surface area contributed by atoms with E-state index in [1.54, 1.807) is 37.0 Å². The molecule has 0 saturated carbocycles. The van der Waals surface area contributed by atoms with Gasteiger partial charge in [-0.2, -0.15) is 15.3 Å². The number of carbonyl (C=O) groups excluding carboxylic acids is 1.